The summed E-state index contributed by atoms with van der Waals surface area (Å²) in [7, 11) is 0. The summed E-state index contributed by atoms with van der Waals surface area (Å²) < 4.78 is 5.09. The van der Waals surface area contributed by atoms with Crippen molar-refractivity contribution in [3.05, 3.63) is 30.1 Å². The van der Waals surface area contributed by atoms with Gasteiger partial charge in [-0.15, -0.1) is 0 Å². The van der Waals surface area contributed by atoms with Crippen molar-refractivity contribution in [3.63, 3.8) is 0 Å². The van der Waals surface area contributed by atoms with Crippen LogP contribution in [0.3, 0.4) is 0 Å². The topological polar surface area (TPSA) is 85.4 Å². The number of carbonyl (C=O) groups excluding carboxylic acids is 1. The molecule has 1 aromatic heterocycles. The zero-order chi connectivity index (χ0) is 13.1. The number of pyridine rings is 1. The largest absolute Gasteiger partial charge is 0.459 e. The third-order valence-electron chi connectivity index (χ3n) is 2.01. The number of ether oxygens (including phenoxy) is 1. The molecule has 5 heteroatoms. The Morgan fingerprint density at radius 1 is 1.47 bits per heavy atom. The highest BCUT2D eigenvalue weighted by Crippen LogP contribution is 2.16. The molecule has 0 aromatic carbocycles. The van der Waals surface area contributed by atoms with Gasteiger partial charge >= 0.3 is 5.97 Å². The zero-order valence-electron chi connectivity index (χ0n) is 10.3. The van der Waals surface area contributed by atoms with Crippen LogP contribution in [0.25, 0.3) is 0 Å². The lowest BCUT2D eigenvalue weighted by Gasteiger charge is -2.24. The van der Waals surface area contributed by atoms with Crippen molar-refractivity contribution < 1.29 is 14.6 Å². The number of carbonyl (C=O) groups is 1. The maximum absolute atomic E-state index is 11.6. The predicted octanol–water partition coefficient (Wildman–Crippen LogP) is 0.784. The van der Waals surface area contributed by atoms with Crippen LogP contribution >= 0.6 is 0 Å². The number of nitrogens with two attached hydrogens (primary N) is 1. The Labute approximate surface area is 101 Å². The molecular formula is C12H18N2O3. The van der Waals surface area contributed by atoms with E-state index in [-0.39, 0.29) is 0 Å². The molecule has 17 heavy (non-hydrogen) atoms. The Morgan fingerprint density at radius 3 is 2.59 bits per heavy atom. The van der Waals surface area contributed by atoms with E-state index in [0.29, 0.717) is 5.69 Å². The second-order valence-electron chi connectivity index (χ2n) is 4.76. The number of hydrogen-bond acceptors (Lipinski definition) is 5. The predicted molar refractivity (Wildman–Crippen MR) is 63.0 cm³/mol. The fraction of sp³-hybridized carbons (Fsp3) is 0.500. The van der Waals surface area contributed by atoms with E-state index in [1.54, 1.807) is 39.0 Å². The summed E-state index contributed by atoms with van der Waals surface area (Å²) in [6, 6.07) is 3.90. The Bertz CT molecular complexity index is 373. The van der Waals surface area contributed by atoms with E-state index in [9.17, 15) is 9.90 Å². The van der Waals surface area contributed by atoms with E-state index in [4.69, 9.17) is 10.5 Å². The molecule has 0 bridgehead atoms. The van der Waals surface area contributed by atoms with E-state index in [1.807, 2.05) is 0 Å². The molecule has 0 spiro atoms. The fourth-order valence-electron chi connectivity index (χ4n) is 1.23. The quantitative estimate of drug-likeness (QED) is 0.760. The molecule has 0 fully saturated rings. The minimum Gasteiger partial charge on any atom is -0.459 e. The Balaban J connectivity index is 2.70. The Kier molecular flexibility index (Phi) is 4.20. The highest BCUT2D eigenvalue weighted by Gasteiger charge is 2.29. The standard InChI is InChI=1S/C12H18N2O3/c1-12(2,3)17-11(16)9(13)10(15)8-6-4-5-7-14-8/h4-7,9-10,15H,13H2,1-3H3/t9-,10+/m0/s1. The minimum atomic E-state index is -1.16. The monoisotopic (exact) mass is 238 g/mol. The van der Waals surface area contributed by atoms with Crippen LogP contribution in [0, 0.1) is 0 Å². The van der Waals surface area contributed by atoms with Gasteiger partial charge in [0.2, 0.25) is 0 Å². The molecule has 0 saturated carbocycles. The molecular weight excluding hydrogens is 220 g/mol. The smallest absolute Gasteiger partial charge is 0.326 e. The third kappa shape index (κ3) is 4.13. The summed E-state index contributed by atoms with van der Waals surface area (Å²) in [5, 5.41) is 9.87. The van der Waals surface area contributed by atoms with Gasteiger partial charge in [0.1, 0.15) is 17.7 Å². The van der Waals surface area contributed by atoms with Crippen LogP contribution in [0.5, 0.6) is 0 Å². The molecule has 0 aliphatic carbocycles. The highest BCUT2D eigenvalue weighted by molar-refractivity contribution is 5.76. The zero-order valence-corrected chi connectivity index (χ0v) is 10.3. The first-order chi connectivity index (χ1) is 7.81. The van der Waals surface area contributed by atoms with Crippen molar-refractivity contribution in [1.82, 2.24) is 4.98 Å². The maximum atomic E-state index is 11.6. The molecule has 1 heterocycles. The molecule has 0 saturated heterocycles. The van der Waals surface area contributed by atoms with Crippen LogP contribution < -0.4 is 5.73 Å². The molecule has 0 unspecified atom stereocenters. The number of aliphatic hydroxyl groups is 1. The van der Waals surface area contributed by atoms with E-state index in [2.05, 4.69) is 4.98 Å². The lowest BCUT2D eigenvalue weighted by Crippen LogP contribution is -2.41. The van der Waals surface area contributed by atoms with Gasteiger partial charge in [-0.1, -0.05) is 6.07 Å². The van der Waals surface area contributed by atoms with Gasteiger partial charge in [-0.2, -0.15) is 0 Å². The summed E-state index contributed by atoms with van der Waals surface area (Å²) >= 11 is 0. The number of rotatable bonds is 3. The summed E-state index contributed by atoms with van der Waals surface area (Å²) in [6.07, 6.45) is 0.367. The van der Waals surface area contributed by atoms with Crippen molar-refractivity contribution in [1.29, 1.82) is 0 Å². The van der Waals surface area contributed by atoms with E-state index < -0.39 is 23.7 Å². The summed E-state index contributed by atoms with van der Waals surface area (Å²) in [5.41, 5.74) is 5.36. The number of nitrogens with zero attached hydrogens (tertiary/aromatic N) is 1. The summed E-state index contributed by atoms with van der Waals surface area (Å²) in [6.45, 7) is 5.22. The number of aromatic nitrogens is 1. The van der Waals surface area contributed by atoms with E-state index >= 15 is 0 Å². The van der Waals surface area contributed by atoms with Gasteiger partial charge in [0.05, 0.1) is 5.69 Å². The summed E-state index contributed by atoms with van der Waals surface area (Å²) in [5.74, 6) is -0.643. The first kappa shape index (κ1) is 13.6. The van der Waals surface area contributed by atoms with Crippen LogP contribution in [-0.4, -0.2) is 27.7 Å². The Morgan fingerprint density at radius 2 is 2.12 bits per heavy atom. The molecule has 94 valence electrons. The van der Waals surface area contributed by atoms with Gasteiger partial charge in [-0.3, -0.25) is 9.78 Å². The number of aliphatic hydroxyl groups excluding tert-OH is 1. The van der Waals surface area contributed by atoms with Crippen molar-refractivity contribution >= 4 is 5.97 Å². The van der Waals surface area contributed by atoms with Crippen LogP contribution in [0.2, 0.25) is 0 Å². The molecule has 1 rings (SSSR count). The average molecular weight is 238 g/mol. The lowest BCUT2D eigenvalue weighted by atomic mass is 10.1. The van der Waals surface area contributed by atoms with Crippen molar-refractivity contribution in [2.75, 3.05) is 0 Å². The van der Waals surface area contributed by atoms with Gasteiger partial charge in [0, 0.05) is 6.20 Å². The van der Waals surface area contributed by atoms with Crippen LogP contribution in [0.1, 0.15) is 32.6 Å². The number of esters is 1. The average Bonchev–Trinajstić information content (AvgIpc) is 2.26. The van der Waals surface area contributed by atoms with Crippen LogP contribution in [0.4, 0.5) is 0 Å². The van der Waals surface area contributed by atoms with Gasteiger partial charge in [-0.25, -0.2) is 0 Å². The van der Waals surface area contributed by atoms with Gasteiger partial charge in [-0.05, 0) is 32.9 Å². The molecule has 0 radical (unpaired) electrons. The SMILES string of the molecule is CC(C)(C)OC(=O)[C@@H](N)[C@H](O)c1ccccn1. The van der Waals surface area contributed by atoms with Crippen molar-refractivity contribution in [3.8, 4) is 0 Å². The third-order valence-corrected chi connectivity index (χ3v) is 2.01. The van der Waals surface area contributed by atoms with Crippen molar-refractivity contribution in [2.24, 2.45) is 5.73 Å². The first-order valence-electron chi connectivity index (χ1n) is 5.39. The molecule has 3 N–H and O–H groups in total. The fourth-order valence-corrected chi connectivity index (χ4v) is 1.23. The molecule has 0 aliphatic rings. The van der Waals surface area contributed by atoms with E-state index in [1.165, 1.54) is 6.20 Å². The number of hydrogen-bond donors (Lipinski definition) is 2. The highest BCUT2D eigenvalue weighted by atomic mass is 16.6. The molecule has 5 nitrogen and oxygen atoms in total. The molecule has 2 atom stereocenters. The van der Waals surface area contributed by atoms with E-state index in [0.717, 1.165) is 0 Å². The van der Waals surface area contributed by atoms with Crippen LogP contribution in [-0.2, 0) is 9.53 Å². The first-order valence-corrected chi connectivity index (χ1v) is 5.39. The van der Waals surface area contributed by atoms with Gasteiger partial charge in [0.15, 0.2) is 0 Å². The Hall–Kier alpha value is -1.46. The lowest BCUT2D eigenvalue weighted by molar-refractivity contribution is -0.159. The molecule has 0 amide bonds. The molecule has 0 aliphatic heterocycles. The van der Waals surface area contributed by atoms with Crippen LogP contribution in [0.15, 0.2) is 24.4 Å². The maximum Gasteiger partial charge on any atom is 0.326 e. The minimum absolute atomic E-state index is 0.353. The second-order valence-corrected chi connectivity index (χ2v) is 4.76. The van der Waals surface area contributed by atoms with Gasteiger partial charge in [0.25, 0.3) is 0 Å². The van der Waals surface area contributed by atoms with Gasteiger partial charge < -0.3 is 15.6 Å². The molecule has 1 aromatic rings. The normalized spacial score (nSPS) is 15.1. The van der Waals surface area contributed by atoms with Crippen molar-refractivity contribution in [2.45, 2.75) is 38.5 Å². The summed E-state index contributed by atoms with van der Waals surface area (Å²) in [4.78, 5) is 15.6. The second kappa shape index (κ2) is 5.25.